The van der Waals surface area contributed by atoms with E-state index in [9.17, 15) is 20.1 Å². The summed E-state index contributed by atoms with van der Waals surface area (Å²) in [6, 6.07) is 5.49. The van der Waals surface area contributed by atoms with E-state index in [1.807, 2.05) is 12.1 Å². The molecule has 0 bridgehead atoms. The molecule has 7 heteroatoms. The number of aromatic hydroxyl groups is 3. The standard InChI is InChI=1S/C38H64N2O4S/c1-8-9-10-11-12-13-14-15-16-17-18-19-20-21-24-45-28-30-27-34(42)40(36(30)44)39-33(41)23-22-29-25-31(37(2,3)4)35(43)32(26-29)38(5,6)7/h25-27,42-44H,8-24,28H2,1-7H3,(H,39,41). The first kappa shape index (κ1) is 38.9. The van der Waals surface area contributed by atoms with Crippen LogP contribution in [0.4, 0.5) is 0 Å². The largest absolute Gasteiger partial charge is 0.507 e. The van der Waals surface area contributed by atoms with E-state index >= 15 is 0 Å². The summed E-state index contributed by atoms with van der Waals surface area (Å²) in [6.45, 7) is 14.7. The number of amides is 1. The van der Waals surface area contributed by atoms with Crippen molar-refractivity contribution in [2.24, 2.45) is 0 Å². The minimum Gasteiger partial charge on any atom is -0.507 e. The molecule has 0 radical (unpaired) electrons. The Labute approximate surface area is 278 Å². The highest BCUT2D eigenvalue weighted by Gasteiger charge is 2.26. The molecule has 6 nitrogen and oxygen atoms in total. The first-order chi connectivity index (χ1) is 21.3. The number of carbonyl (C=O) groups excluding carboxylic acids is 1. The molecule has 0 aliphatic rings. The zero-order valence-corrected chi connectivity index (χ0v) is 30.4. The van der Waals surface area contributed by atoms with Crippen molar-refractivity contribution in [3.63, 3.8) is 0 Å². The lowest BCUT2D eigenvalue weighted by Crippen LogP contribution is -2.23. The quantitative estimate of drug-likeness (QED) is 0.101. The fraction of sp³-hybridized carbons (Fsp3) is 0.711. The van der Waals surface area contributed by atoms with Crippen molar-refractivity contribution < 1.29 is 20.1 Å². The molecule has 0 saturated heterocycles. The van der Waals surface area contributed by atoms with Crippen molar-refractivity contribution in [3.05, 3.63) is 40.5 Å². The topological polar surface area (TPSA) is 94.7 Å². The van der Waals surface area contributed by atoms with Crippen LogP contribution in [0.15, 0.2) is 18.2 Å². The molecule has 2 rings (SSSR count). The average molecular weight is 645 g/mol. The summed E-state index contributed by atoms with van der Waals surface area (Å²) in [6.07, 6.45) is 19.5. The number of nitrogens with one attached hydrogen (secondary N) is 1. The number of unbranched alkanes of at least 4 members (excludes halogenated alkanes) is 13. The van der Waals surface area contributed by atoms with Gasteiger partial charge >= 0.3 is 0 Å². The van der Waals surface area contributed by atoms with Crippen molar-refractivity contribution in [1.82, 2.24) is 4.68 Å². The fourth-order valence-electron chi connectivity index (χ4n) is 5.75. The second kappa shape index (κ2) is 19.4. The highest BCUT2D eigenvalue weighted by atomic mass is 32.2. The van der Waals surface area contributed by atoms with Crippen LogP contribution in [0.2, 0.25) is 0 Å². The predicted octanol–water partition coefficient (Wildman–Crippen LogP) is 10.6. The van der Waals surface area contributed by atoms with Crippen molar-refractivity contribution in [2.75, 3.05) is 11.2 Å². The van der Waals surface area contributed by atoms with Gasteiger partial charge in [-0.2, -0.15) is 16.4 Å². The normalized spacial score (nSPS) is 12.2. The smallest absolute Gasteiger partial charge is 0.239 e. The number of rotatable bonds is 21. The van der Waals surface area contributed by atoms with E-state index in [-0.39, 0.29) is 34.9 Å². The molecule has 1 amide bonds. The first-order valence-corrected chi connectivity index (χ1v) is 18.8. The van der Waals surface area contributed by atoms with E-state index in [0.717, 1.165) is 33.5 Å². The number of hydrogen-bond donors (Lipinski definition) is 4. The molecule has 1 aromatic heterocycles. The Balaban J connectivity index is 1.71. The zero-order valence-electron chi connectivity index (χ0n) is 29.6. The van der Waals surface area contributed by atoms with E-state index in [1.165, 1.54) is 89.5 Å². The minimum atomic E-state index is -0.305. The van der Waals surface area contributed by atoms with Crippen LogP contribution in [0, 0.1) is 0 Å². The second-order valence-electron chi connectivity index (χ2n) is 14.9. The van der Waals surface area contributed by atoms with Crippen LogP contribution in [-0.4, -0.2) is 31.7 Å². The molecule has 0 fully saturated rings. The Morgan fingerprint density at radius 2 is 1.20 bits per heavy atom. The third-order valence-electron chi connectivity index (χ3n) is 8.59. The second-order valence-corrected chi connectivity index (χ2v) is 16.0. The molecule has 45 heavy (non-hydrogen) atoms. The molecular weight excluding hydrogens is 580 g/mol. The maximum Gasteiger partial charge on any atom is 0.239 e. The fourth-order valence-corrected chi connectivity index (χ4v) is 6.74. The summed E-state index contributed by atoms with van der Waals surface area (Å²) in [5, 5.41) is 32.1. The van der Waals surface area contributed by atoms with Gasteiger partial charge in [0.15, 0.2) is 0 Å². The summed E-state index contributed by atoms with van der Waals surface area (Å²) >= 11 is 1.74. The van der Waals surface area contributed by atoms with Crippen LogP contribution in [-0.2, 0) is 27.8 Å². The maximum absolute atomic E-state index is 12.8. The van der Waals surface area contributed by atoms with E-state index in [1.54, 1.807) is 11.8 Å². The van der Waals surface area contributed by atoms with Gasteiger partial charge in [-0.15, -0.1) is 0 Å². The van der Waals surface area contributed by atoms with Gasteiger partial charge in [0.2, 0.25) is 17.7 Å². The minimum absolute atomic E-state index is 0.121. The van der Waals surface area contributed by atoms with Crippen molar-refractivity contribution >= 4 is 17.7 Å². The van der Waals surface area contributed by atoms with Gasteiger partial charge in [-0.25, -0.2) is 0 Å². The molecule has 0 unspecified atom stereocenters. The van der Waals surface area contributed by atoms with Crippen LogP contribution in [0.5, 0.6) is 17.5 Å². The number of benzene rings is 1. The number of hydrogen-bond acceptors (Lipinski definition) is 5. The van der Waals surface area contributed by atoms with Crippen LogP contribution in [0.25, 0.3) is 0 Å². The van der Waals surface area contributed by atoms with Gasteiger partial charge in [0.1, 0.15) is 5.75 Å². The van der Waals surface area contributed by atoms with Crippen molar-refractivity contribution in [3.8, 4) is 17.5 Å². The van der Waals surface area contributed by atoms with Crippen LogP contribution in [0.1, 0.15) is 167 Å². The number of phenolic OH excluding ortho intramolecular Hbond substituents is 1. The number of phenols is 1. The molecular formula is C38H64N2O4S. The molecule has 0 atom stereocenters. The van der Waals surface area contributed by atoms with E-state index < -0.39 is 0 Å². The Bertz CT molecular complexity index is 1120. The zero-order chi connectivity index (χ0) is 33.5. The molecule has 0 saturated carbocycles. The summed E-state index contributed by atoms with van der Waals surface area (Å²) in [4.78, 5) is 12.8. The lowest BCUT2D eigenvalue weighted by atomic mass is 9.78. The van der Waals surface area contributed by atoms with E-state index in [2.05, 4.69) is 53.9 Å². The molecule has 256 valence electrons. The molecule has 1 aromatic carbocycles. The Kier molecular flexibility index (Phi) is 16.8. The monoisotopic (exact) mass is 644 g/mol. The number of nitrogens with zero attached hydrogens (tertiary/aromatic N) is 1. The third kappa shape index (κ3) is 13.9. The van der Waals surface area contributed by atoms with Crippen LogP contribution in [0.3, 0.4) is 0 Å². The summed E-state index contributed by atoms with van der Waals surface area (Å²) < 4.78 is 1.07. The van der Waals surface area contributed by atoms with E-state index in [4.69, 9.17) is 0 Å². The number of aryl methyl sites for hydroxylation is 1. The predicted molar refractivity (Wildman–Crippen MR) is 192 cm³/mol. The highest BCUT2D eigenvalue weighted by Crippen LogP contribution is 2.40. The van der Waals surface area contributed by atoms with Gasteiger partial charge in [0, 0.05) is 23.8 Å². The summed E-state index contributed by atoms with van der Waals surface area (Å²) in [5.74, 6) is 1.31. The lowest BCUT2D eigenvalue weighted by Gasteiger charge is -2.28. The van der Waals surface area contributed by atoms with Gasteiger partial charge in [0.25, 0.3) is 0 Å². The van der Waals surface area contributed by atoms with Crippen molar-refractivity contribution in [2.45, 2.75) is 168 Å². The molecule has 0 aliphatic carbocycles. The van der Waals surface area contributed by atoms with E-state index in [0.29, 0.717) is 23.5 Å². The van der Waals surface area contributed by atoms with Crippen molar-refractivity contribution in [1.29, 1.82) is 0 Å². The SMILES string of the molecule is CCCCCCCCCCCCCCCCSCc1cc(O)n(NC(=O)CCc2cc(C(C)(C)C)c(O)c(C(C)(C)C)c2)c1O. The van der Waals surface area contributed by atoms with Crippen LogP contribution >= 0.6 is 11.8 Å². The number of aromatic nitrogens is 1. The number of thioether (sulfide) groups is 1. The summed E-state index contributed by atoms with van der Waals surface area (Å²) in [7, 11) is 0. The van der Waals surface area contributed by atoms with Gasteiger partial charge < -0.3 is 15.3 Å². The van der Waals surface area contributed by atoms with Crippen LogP contribution < -0.4 is 5.43 Å². The summed E-state index contributed by atoms with van der Waals surface area (Å²) in [5.41, 5.74) is 5.47. The Morgan fingerprint density at radius 1 is 0.733 bits per heavy atom. The maximum atomic E-state index is 12.8. The third-order valence-corrected chi connectivity index (χ3v) is 9.69. The lowest BCUT2D eigenvalue weighted by molar-refractivity contribution is -0.117. The highest BCUT2D eigenvalue weighted by molar-refractivity contribution is 7.98. The average Bonchev–Trinajstić information content (AvgIpc) is 3.22. The Morgan fingerprint density at radius 3 is 1.67 bits per heavy atom. The number of carbonyl (C=O) groups is 1. The van der Waals surface area contributed by atoms with Gasteiger partial charge in [-0.1, -0.05) is 144 Å². The molecule has 0 aliphatic heterocycles. The molecule has 4 N–H and O–H groups in total. The molecule has 1 heterocycles. The van der Waals surface area contributed by atoms with Gasteiger partial charge in [0.05, 0.1) is 0 Å². The van der Waals surface area contributed by atoms with Gasteiger partial charge in [-0.3, -0.25) is 10.2 Å². The molecule has 0 spiro atoms. The molecule has 2 aromatic rings. The van der Waals surface area contributed by atoms with Gasteiger partial charge in [-0.05, 0) is 46.1 Å². The first-order valence-electron chi connectivity index (χ1n) is 17.6. The Hall–Kier alpha value is -2.28.